The summed E-state index contributed by atoms with van der Waals surface area (Å²) >= 11 is 0. The monoisotopic (exact) mass is 256 g/mol. The van der Waals surface area contributed by atoms with Crippen LogP contribution in [0.15, 0.2) is 4.99 Å². The predicted molar refractivity (Wildman–Crippen MR) is 75.9 cm³/mol. The highest BCUT2D eigenvalue weighted by Gasteiger charge is 2.28. The largest absolute Gasteiger partial charge is 0.379 e. The Labute approximate surface area is 111 Å². The first-order chi connectivity index (χ1) is 8.51. The van der Waals surface area contributed by atoms with Gasteiger partial charge in [0.1, 0.15) is 0 Å². The Bertz CT molecular complexity index is 268. The van der Waals surface area contributed by atoms with Gasteiger partial charge in [-0.05, 0) is 27.7 Å². The maximum atomic E-state index is 6.01. The van der Waals surface area contributed by atoms with Gasteiger partial charge in [-0.15, -0.1) is 0 Å². The second kappa shape index (κ2) is 6.95. The zero-order chi connectivity index (χ0) is 13.6. The highest BCUT2D eigenvalue weighted by atomic mass is 16.5. The summed E-state index contributed by atoms with van der Waals surface area (Å²) in [5, 5.41) is 0. The smallest absolute Gasteiger partial charge is 0.191 e. The van der Waals surface area contributed by atoms with E-state index in [9.17, 15) is 0 Å². The highest BCUT2D eigenvalue weighted by molar-refractivity contribution is 5.78. The fraction of sp³-hybridized carbons (Fsp3) is 0.923. The van der Waals surface area contributed by atoms with Crippen molar-refractivity contribution in [1.29, 1.82) is 0 Å². The van der Waals surface area contributed by atoms with Crippen LogP contribution in [0.5, 0.6) is 0 Å². The van der Waals surface area contributed by atoms with Crippen molar-refractivity contribution in [3.8, 4) is 0 Å². The molecule has 18 heavy (non-hydrogen) atoms. The second-order valence-electron chi connectivity index (χ2n) is 5.26. The average molecular weight is 256 g/mol. The van der Waals surface area contributed by atoms with E-state index in [0.29, 0.717) is 5.96 Å². The lowest BCUT2D eigenvalue weighted by molar-refractivity contribution is -0.00687. The Hall–Kier alpha value is -0.810. The molecule has 5 heteroatoms. The van der Waals surface area contributed by atoms with Crippen LogP contribution in [0.4, 0.5) is 0 Å². The minimum Gasteiger partial charge on any atom is -0.379 e. The highest BCUT2D eigenvalue weighted by Crippen LogP contribution is 2.16. The molecule has 0 aromatic rings. The Morgan fingerprint density at radius 2 is 1.83 bits per heavy atom. The number of hydrogen-bond donors (Lipinski definition) is 1. The van der Waals surface area contributed by atoms with Crippen LogP contribution < -0.4 is 5.73 Å². The fourth-order valence-corrected chi connectivity index (χ4v) is 2.19. The van der Waals surface area contributed by atoms with Gasteiger partial charge in [0.2, 0.25) is 0 Å². The van der Waals surface area contributed by atoms with Crippen LogP contribution in [0, 0.1) is 0 Å². The molecule has 1 heterocycles. The van der Waals surface area contributed by atoms with Gasteiger partial charge in [0.05, 0.1) is 19.8 Å². The molecule has 0 radical (unpaired) electrons. The Morgan fingerprint density at radius 1 is 1.28 bits per heavy atom. The molecule has 0 spiro atoms. The van der Waals surface area contributed by atoms with E-state index in [4.69, 9.17) is 10.5 Å². The van der Waals surface area contributed by atoms with E-state index < -0.39 is 0 Å². The molecule has 0 aromatic heterocycles. The molecule has 1 aliphatic rings. The molecule has 5 nitrogen and oxygen atoms in total. The van der Waals surface area contributed by atoms with E-state index in [-0.39, 0.29) is 5.54 Å². The third-order valence-corrected chi connectivity index (χ3v) is 3.58. The van der Waals surface area contributed by atoms with Crippen LogP contribution in [0.3, 0.4) is 0 Å². The van der Waals surface area contributed by atoms with Gasteiger partial charge in [0, 0.05) is 31.7 Å². The van der Waals surface area contributed by atoms with Crippen molar-refractivity contribution in [2.75, 3.05) is 45.9 Å². The van der Waals surface area contributed by atoms with Crippen molar-refractivity contribution in [3.63, 3.8) is 0 Å². The molecule has 0 amide bonds. The van der Waals surface area contributed by atoms with Crippen molar-refractivity contribution in [2.45, 2.75) is 33.2 Å². The van der Waals surface area contributed by atoms with Crippen molar-refractivity contribution < 1.29 is 4.74 Å². The van der Waals surface area contributed by atoms with Crippen molar-refractivity contribution in [2.24, 2.45) is 10.7 Å². The zero-order valence-electron chi connectivity index (χ0n) is 12.3. The number of hydrogen-bond acceptors (Lipinski definition) is 3. The molecule has 0 aliphatic carbocycles. The van der Waals surface area contributed by atoms with E-state index in [1.807, 2.05) is 0 Å². The van der Waals surface area contributed by atoms with E-state index in [1.165, 1.54) is 0 Å². The molecule has 2 N–H and O–H groups in total. The summed E-state index contributed by atoms with van der Waals surface area (Å²) in [6.45, 7) is 14.8. The molecule has 1 rings (SSSR count). The number of aliphatic imine (C=N–C) groups is 1. The second-order valence-corrected chi connectivity index (χ2v) is 5.26. The van der Waals surface area contributed by atoms with E-state index in [2.05, 4.69) is 42.5 Å². The average Bonchev–Trinajstić information content (AvgIpc) is 2.39. The molecule has 1 saturated heterocycles. The first-order valence-corrected chi connectivity index (χ1v) is 6.89. The first kappa shape index (κ1) is 15.2. The van der Waals surface area contributed by atoms with Gasteiger partial charge < -0.3 is 15.4 Å². The molecular weight excluding hydrogens is 228 g/mol. The molecule has 0 unspecified atom stereocenters. The minimum atomic E-state index is 0.0432. The topological polar surface area (TPSA) is 54.1 Å². The third-order valence-electron chi connectivity index (χ3n) is 3.58. The fourth-order valence-electron chi connectivity index (χ4n) is 2.19. The van der Waals surface area contributed by atoms with Gasteiger partial charge >= 0.3 is 0 Å². The summed E-state index contributed by atoms with van der Waals surface area (Å²) in [4.78, 5) is 9.06. The van der Waals surface area contributed by atoms with Gasteiger partial charge in [0.15, 0.2) is 5.96 Å². The molecule has 106 valence electrons. The Kier molecular flexibility index (Phi) is 5.88. The van der Waals surface area contributed by atoms with E-state index >= 15 is 0 Å². The number of morpholine rings is 1. The third kappa shape index (κ3) is 4.14. The Balaban J connectivity index is 2.56. The zero-order valence-corrected chi connectivity index (χ0v) is 12.3. The number of rotatable bonds is 5. The van der Waals surface area contributed by atoms with Crippen LogP contribution in [0.2, 0.25) is 0 Å². The predicted octanol–water partition coefficient (Wildman–Crippen LogP) is 0.754. The molecule has 0 aromatic carbocycles. The van der Waals surface area contributed by atoms with Crippen LogP contribution >= 0.6 is 0 Å². The van der Waals surface area contributed by atoms with E-state index in [1.54, 1.807) is 0 Å². The normalized spacial score (nSPS) is 19.0. The molecule has 1 fully saturated rings. The van der Waals surface area contributed by atoms with E-state index in [0.717, 1.165) is 45.9 Å². The van der Waals surface area contributed by atoms with Crippen LogP contribution in [0.25, 0.3) is 0 Å². The summed E-state index contributed by atoms with van der Waals surface area (Å²) < 4.78 is 5.38. The standard InChI is InChI=1S/C13H28N4O/c1-5-16(6-2)12(14)15-11-13(3,4)17-7-9-18-10-8-17/h5-11H2,1-4H3,(H2,14,15). The number of guanidine groups is 1. The van der Waals surface area contributed by atoms with Crippen LogP contribution in [-0.4, -0.2) is 67.2 Å². The molecule has 0 atom stereocenters. The van der Waals surface area contributed by atoms with Gasteiger partial charge in [0.25, 0.3) is 0 Å². The lowest BCUT2D eigenvalue weighted by Gasteiger charge is -2.40. The SMILES string of the molecule is CCN(CC)C(N)=NCC(C)(C)N1CCOCC1. The van der Waals surface area contributed by atoms with Crippen LogP contribution in [0.1, 0.15) is 27.7 Å². The molecule has 0 bridgehead atoms. The summed E-state index contributed by atoms with van der Waals surface area (Å²) in [7, 11) is 0. The lowest BCUT2D eigenvalue weighted by Crippen LogP contribution is -2.52. The van der Waals surface area contributed by atoms with Gasteiger partial charge in [-0.3, -0.25) is 9.89 Å². The van der Waals surface area contributed by atoms with Gasteiger partial charge in [-0.2, -0.15) is 0 Å². The molecule has 0 saturated carbocycles. The quantitative estimate of drug-likeness (QED) is 0.583. The minimum absolute atomic E-state index is 0.0432. The number of nitrogens with two attached hydrogens (primary N) is 1. The van der Waals surface area contributed by atoms with Gasteiger partial charge in [-0.1, -0.05) is 0 Å². The summed E-state index contributed by atoms with van der Waals surface area (Å²) in [6, 6.07) is 0. The lowest BCUT2D eigenvalue weighted by atomic mass is 10.0. The maximum Gasteiger partial charge on any atom is 0.191 e. The molecule has 1 aliphatic heterocycles. The number of nitrogens with zero attached hydrogens (tertiary/aromatic N) is 3. The van der Waals surface area contributed by atoms with Crippen molar-refractivity contribution >= 4 is 5.96 Å². The summed E-state index contributed by atoms with van der Waals surface area (Å²) in [6.07, 6.45) is 0. The van der Waals surface area contributed by atoms with Crippen molar-refractivity contribution in [3.05, 3.63) is 0 Å². The van der Waals surface area contributed by atoms with Crippen molar-refractivity contribution in [1.82, 2.24) is 9.80 Å². The van der Waals surface area contributed by atoms with Crippen LogP contribution in [-0.2, 0) is 4.74 Å². The Morgan fingerprint density at radius 3 is 2.33 bits per heavy atom. The summed E-state index contributed by atoms with van der Waals surface area (Å²) in [5.74, 6) is 0.654. The van der Waals surface area contributed by atoms with Gasteiger partial charge in [-0.25, -0.2) is 0 Å². The maximum absolute atomic E-state index is 6.01. The molecular formula is C13H28N4O. The first-order valence-electron chi connectivity index (χ1n) is 6.89. The number of ether oxygens (including phenoxy) is 1. The summed E-state index contributed by atoms with van der Waals surface area (Å²) in [5.41, 5.74) is 6.05.